The maximum absolute atomic E-state index is 14.1. The van der Waals surface area contributed by atoms with Crippen molar-refractivity contribution in [2.45, 2.75) is 19.6 Å². The van der Waals surface area contributed by atoms with E-state index in [0.29, 0.717) is 53.1 Å². The molecule has 4 heterocycles. The largest absolute Gasteiger partial charge is 0.488 e. The van der Waals surface area contributed by atoms with Crippen molar-refractivity contribution >= 4 is 38.3 Å². The van der Waals surface area contributed by atoms with E-state index in [9.17, 15) is 24.6 Å². The molecule has 6 rings (SSSR count). The van der Waals surface area contributed by atoms with E-state index in [-0.39, 0.29) is 24.2 Å². The van der Waals surface area contributed by atoms with Crippen LogP contribution in [0.15, 0.2) is 82.5 Å². The molecule has 0 radical (unpaired) electrons. The number of pyridine rings is 3. The summed E-state index contributed by atoms with van der Waals surface area (Å²) in [6.45, 7) is 3.84. The Morgan fingerprint density at radius 2 is 1.85 bits per heavy atom. The van der Waals surface area contributed by atoms with Gasteiger partial charge in [0.15, 0.2) is 5.69 Å². The topological polar surface area (TPSA) is 130 Å². The summed E-state index contributed by atoms with van der Waals surface area (Å²) in [6, 6.07) is 19.0. The van der Waals surface area contributed by atoms with Crippen LogP contribution in [0.3, 0.4) is 0 Å². The first-order valence-electron chi connectivity index (χ1n) is 14.8. The number of nitrogens with zero attached hydrogens (tertiary/aromatic N) is 7. The molecule has 2 aromatic carbocycles. The van der Waals surface area contributed by atoms with Crippen LogP contribution in [-0.4, -0.2) is 50.5 Å². The third-order valence-corrected chi connectivity index (χ3v) is 8.84. The van der Waals surface area contributed by atoms with Crippen molar-refractivity contribution < 1.29 is 14.1 Å². The standard InChI is InChI=1S/C34H29BrFN7O4/c1-21-4-3-5-27(47-20-23-16-22(17-37)18-38-19-23)29(21)31(24-6-8-25(36)9-7-24)41-12-14-42(15-13-41)32-30-26(10-11-28(35)39-30)40(2)34(44)33(32)43(45)46/h3-11,16,18-19,31H,12-15,20H2,1-2H3. The number of piperazine rings is 1. The second-order valence-electron chi connectivity index (χ2n) is 11.3. The summed E-state index contributed by atoms with van der Waals surface area (Å²) in [5.74, 6) is 0.276. The zero-order valence-corrected chi connectivity index (χ0v) is 27.1. The summed E-state index contributed by atoms with van der Waals surface area (Å²) < 4.78 is 22.2. The number of aromatic nitrogens is 3. The van der Waals surface area contributed by atoms with Gasteiger partial charge in [-0.3, -0.25) is 24.8 Å². The number of anilines is 1. The maximum atomic E-state index is 14.1. The molecule has 0 N–H and O–H groups in total. The minimum Gasteiger partial charge on any atom is -0.488 e. The summed E-state index contributed by atoms with van der Waals surface area (Å²) in [4.78, 5) is 37.6. The maximum Gasteiger partial charge on any atom is 0.359 e. The van der Waals surface area contributed by atoms with Gasteiger partial charge >= 0.3 is 11.2 Å². The molecule has 11 nitrogen and oxygen atoms in total. The Hall–Kier alpha value is -5.19. The number of benzene rings is 2. The summed E-state index contributed by atoms with van der Waals surface area (Å²) in [6.07, 6.45) is 3.14. The molecular formula is C34H29BrFN7O4. The van der Waals surface area contributed by atoms with Crippen LogP contribution in [0.5, 0.6) is 5.75 Å². The van der Waals surface area contributed by atoms with Gasteiger partial charge in [0.25, 0.3) is 0 Å². The average molecular weight is 699 g/mol. The molecule has 0 bridgehead atoms. The van der Waals surface area contributed by atoms with Crippen molar-refractivity contribution in [3.05, 3.63) is 132 Å². The molecule has 1 saturated heterocycles. The molecule has 47 heavy (non-hydrogen) atoms. The summed E-state index contributed by atoms with van der Waals surface area (Å²) in [5, 5.41) is 21.6. The van der Waals surface area contributed by atoms with Gasteiger partial charge in [-0.05, 0) is 70.4 Å². The quantitative estimate of drug-likeness (QED) is 0.112. The Morgan fingerprint density at radius 1 is 1.11 bits per heavy atom. The Labute approximate surface area is 277 Å². The normalized spacial score (nSPS) is 14.1. The van der Waals surface area contributed by atoms with Crippen LogP contribution >= 0.6 is 15.9 Å². The van der Waals surface area contributed by atoms with Crippen LogP contribution in [-0.2, 0) is 13.7 Å². The predicted octanol–water partition coefficient (Wildman–Crippen LogP) is 5.81. The van der Waals surface area contributed by atoms with Crippen LogP contribution in [0.4, 0.5) is 15.8 Å². The van der Waals surface area contributed by atoms with Crippen molar-refractivity contribution in [2.24, 2.45) is 7.05 Å². The SMILES string of the molecule is Cc1cccc(OCc2cncc(C#N)c2)c1C(c1ccc(F)cc1)N1CCN(c2c([N+](=O)[O-])c(=O)n(C)c3ccc(Br)nc23)CC1. The van der Waals surface area contributed by atoms with Crippen LogP contribution < -0.4 is 15.2 Å². The number of aryl methyl sites for hydroxylation is 2. The molecule has 5 aromatic rings. The number of nitro groups is 1. The molecular weight excluding hydrogens is 669 g/mol. The van der Waals surface area contributed by atoms with Gasteiger partial charge in [-0.15, -0.1) is 0 Å². The molecule has 0 spiro atoms. The Morgan fingerprint density at radius 3 is 2.55 bits per heavy atom. The third kappa shape index (κ3) is 6.30. The predicted molar refractivity (Wildman–Crippen MR) is 178 cm³/mol. The molecule has 1 aliphatic rings. The van der Waals surface area contributed by atoms with E-state index in [4.69, 9.17) is 4.74 Å². The van der Waals surface area contributed by atoms with Gasteiger partial charge in [0.2, 0.25) is 0 Å². The van der Waals surface area contributed by atoms with E-state index >= 15 is 0 Å². The van der Waals surface area contributed by atoms with Gasteiger partial charge in [0, 0.05) is 56.7 Å². The van der Waals surface area contributed by atoms with Gasteiger partial charge in [-0.2, -0.15) is 5.26 Å². The zero-order chi connectivity index (χ0) is 33.2. The second kappa shape index (κ2) is 13.3. The molecule has 0 aliphatic carbocycles. The Bertz CT molecular complexity index is 2090. The van der Waals surface area contributed by atoms with Crippen molar-refractivity contribution in [3.63, 3.8) is 0 Å². The lowest BCUT2D eigenvalue weighted by atomic mass is 9.92. The molecule has 1 unspecified atom stereocenters. The van der Waals surface area contributed by atoms with Crippen LogP contribution in [0.25, 0.3) is 11.0 Å². The highest BCUT2D eigenvalue weighted by molar-refractivity contribution is 9.10. The smallest absolute Gasteiger partial charge is 0.359 e. The lowest BCUT2D eigenvalue weighted by Gasteiger charge is -2.41. The fourth-order valence-electron chi connectivity index (χ4n) is 6.15. The van der Waals surface area contributed by atoms with Crippen LogP contribution in [0.1, 0.15) is 33.9 Å². The molecule has 13 heteroatoms. The zero-order valence-electron chi connectivity index (χ0n) is 25.6. The number of nitriles is 1. The first kappa shape index (κ1) is 31.8. The van der Waals surface area contributed by atoms with Crippen molar-refractivity contribution in [2.75, 3.05) is 31.1 Å². The minimum atomic E-state index is -0.703. The highest BCUT2D eigenvalue weighted by Crippen LogP contribution is 2.40. The number of fused-ring (bicyclic) bond motifs is 1. The number of hydrogen-bond acceptors (Lipinski definition) is 9. The fourth-order valence-corrected chi connectivity index (χ4v) is 6.46. The van der Waals surface area contributed by atoms with Crippen molar-refractivity contribution in [1.82, 2.24) is 19.4 Å². The lowest BCUT2D eigenvalue weighted by molar-refractivity contribution is -0.385. The Balaban J connectivity index is 1.37. The number of ether oxygens (including phenoxy) is 1. The monoisotopic (exact) mass is 697 g/mol. The van der Waals surface area contributed by atoms with Crippen LogP contribution in [0, 0.1) is 34.2 Å². The fraction of sp³-hybridized carbons (Fsp3) is 0.235. The highest BCUT2D eigenvalue weighted by atomic mass is 79.9. The number of rotatable bonds is 8. The number of halogens is 2. The Kier molecular flexibility index (Phi) is 8.97. The summed E-state index contributed by atoms with van der Waals surface area (Å²) in [5.41, 5.74) is 3.71. The number of hydrogen-bond donors (Lipinski definition) is 0. The summed E-state index contributed by atoms with van der Waals surface area (Å²) >= 11 is 3.38. The van der Waals surface area contributed by atoms with E-state index < -0.39 is 16.2 Å². The molecule has 1 atom stereocenters. The van der Waals surface area contributed by atoms with E-state index in [1.165, 1.54) is 29.9 Å². The van der Waals surface area contributed by atoms with Gasteiger partial charge in [0.1, 0.15) is 34.4 Å². The first-order chi connectivity index (χ1) is 22.7. The third-order valence-electron chi connectivity index (χ3n) is 8.40. The van der Waals surface area contributed by atoms with Gasteiger partial charge in [-0.25, -0.2) is 9.37 Å². The first-order valence-corrected chi connectivity index (χ1v) is 15.6. The lowest BCUT2D eigenvalue weighted by Crippen LogP contribution is -2.48. The van der Waals surface area contributed by atoms with E-state index in [1.807, 2.05) is 30.0 Å². The van der Waals surface area contributed by atoms with Gasteiger partial charge < -0.3 is 14.2 Å². The average Bonchev–Trinajstić information content (AvgIpc) is 3.07. The van der Waals surface area contributed by atoms with Gasteiger partial charge in [0.05, 0.1) is 22.0 Å². The van der Waals surface area contributed by atoms with E-state index in [1.54, 1.807) is 36.5 Å². The summed E-state index contributed by atoms with van der Waals surface area (Å²) in [7, 11) is 1.50. The molecule has 1 fully saturated rings. The molecule has 1 aliphatic heterocycles. The van der Waals surface area contributed by atoms with Crippen molar-refractivity contribution in [1.29, 1.82) is 5.26 Å². The molecule has 0 amide bonds. The molecule has 3 aromatic heterocycles. The van der Waals surface area contributed by atoms with Gasteiger partial charge in [-0.1, -0.05) is 24.3 Å². The van der Waals surface area contributed by atoms with E-state index in [0.717, 1.165) is 22.3 Å². The van der Waals surface area contributed by atoms with Crippen LogP contribution in [0.2, 0.25) is 0 Å². The minimum absolute atomic E-state index is 0.186. The van der Waals surface area contributed by atoms with Crippen molar-refractivity contribution in [3.8, 4) is 11.8 Å². The molecule has 238 valence electrons. The second-order valence-corrected chi connectivity index (χ2v) is 12.1. The van der Waals surface area contributed by atoms with E-state index in [2.05, 4.69) is 36.9 Å². The highest BCUT2D eigenvalue weighted by Gasteiger charge is 2.35. The molecule has 0 saturated carbocycles.